The van der Waals surface area contributed by atoms with E-state index in [2.05, 4.69) is 0 Å². The quantitative estimate of drug-likeness (QED) is 0.723. The van der Waals surface area contributed by atoms with Gasteiger partial charge < -0.3 is 24.1 Å². The molecule has 0 fully saturated rings. The highest BCUT2D eigenvalue weighted by molar-refractivity contribution is 5.92. The van der Waals surface area contributed by atoms with Gasteiger partial charge in [-0.25, -0.2) is 4.79 Å². The number of hydrogen-bond donors (Lipinski definition) is 2. The molecule has 2 N–H and O–H groups in total. The van der Waals surface area contributed by atoms with Crippen molar-refractivity contribution < 1.29 is 24.1 Å². The van der Waals surface area contributed by atoms with Gasteiger partial charge in [-0.3, -0.25) is 0 Å². The van der Waals surface area contributed by atoms with Gasteiger partial charge in [-0.1, -0.05) is 0 Å². The third-order valence-corrected chi connectivity index (χ3v) is 3.54. The van der Waals surface area contributed by atoms with Crippen molar-refractivity contribution in [1.82, 2.24) is 0 Å². The summed E-state index contributed by atoms with van der Waals surface area (Å²) in [5.74, 6) is 0.625. The molecule has 1 heterocycles. The summed E-state index contributed by atoms with van der Waals surface area (Å²) in [6, 6.07) is 9.01. The molecule has 6 nitrogen and oxygen atoms in total. The van der Waals surface area contributed by atoms with Gasteiger partial charge in [-0.2, -0.15) is 0 Å². The summed E-state index contributed by atoms with van der Waals surface area (Å²) in [6.07, 6.45) is 0. The van der Waals surface area contributed by atoms with E-state index in [4.69, 9.17) is 13.9 Å². The van der Waals surface area contributed by atoms with Gasteiger partial charge in [0.2, 0.25) is 0 Å². The highest BCUT2D eigenvalue weighted by Gasteiger charge is 2.19. The summed E-state index contributed by atoms with van der Waals surface area (Å²) in [6.45, 7) is 0. The Hall–Kier alpha value is -3.15. The van der Waals surface area contributed by atoms with Crippen LogP contribution in [0.1, 0.15) is 0 Å². The van der Waals surface area contributed by atoms with Crippen LogP contribution in [0.3, 0.4) is 0 Å². The van der Waals surface area contributed by atoms with Crippen molar-refractivity contribution in [1.29, 1.82) is 0 Å². The number of phenols is 1. The highest BCUT2D eigenvalue weighted by Crippen LogP contribution is 2.39. The lowest BCUT2D eigenvalue weighted by molar-refractivity contribution is 0.394. The van der Waals surface area contributed by atoms with E-state index >= 15 is 0 Å². The first-order valence-electron chi connectivity index (χ1n) is 6.76. The van der Waals surface area contributed by atoms with Crippen LogP contribution in [-0.2, 0) is 0 Å². The molecule has 0 aliphatic carbocycles. The second-order valence-electron chi connectivity index (χ2n) is 4.86. The molecule has 0 radical (unpaired) electrons. The second-order valence-corrected chi connectivity index (χ2v) is 4.86. The molecule has 0 aliphatic rings. The fourth-order valence-electron chi connectivity index (χ4n) is 2.42. The third-order valence-electron chi connectivity index (χ3n) is 3.54. The smallest absolute Gasteiger partial charge is 0.348 e. The maximum Gasteiger partial charge on any atom is 0.348 e. The molecule has 2 aromatic carbocycles. The molecule has 0 spiro atoms. The number of benzene rings is 2. The van der Waals surface area contributed by atoms with E-state index in [9.17, 15) is 15.0 Å². The van der Waals surface area contributed by atoms with Crippen LogP contribution < -0.4 is 15.1 Å². The zero-order chi connectivity index (χ0) is 16.6. The Balaban J connectivity index is 2.32. The lowest BCUT2D eigenvalue weighted by atomic mass is 10.0. The standard InChI is InChI=1S/C17H14O6/c1-21-10-4-6-11(13(8-10)22-2)15-16(19)12-5-3-9(18)7-14(12)23-17(15)20/h3-8,18-19H,1-2H3. The molecule has 0 amide bonds. The van der Waals surface area contributed by atoms with E-state index in [1.807, 2.05) is 0 Å². The fraction of sp³-hybridized carbons (Fsp3) is 0.118. The van der Waals surface area contributed by atoms with Gasteiger partial charge in [0.25, 0.3) is 0 Å². The van der Waals surface area contributed by atoms with Crippen molar-refractivity contribution in [2.45, 2.75) is 0 Å². The van der Waals surface area contributed by atoms with Crippen molar-refractivity contribution >= 4 is 11.0 Å². The fourth-order valence-corrected chi connectivity index (χ4v) is 2.42. The van der Waals surface area contributed by atoms with Crippen molar-refractivity contribution in [3.8, 4) is 34.1 Å². The molecule has 0 saturated heterocycles. The zero-order valence-electron chi connectivity index (χ0n) is 12.5. The van der Waals surface area contributed by atoms with Gasteiger partial charge in [-0.05, 0) is 24.3 Å². The van der Waals surface area contributed by atoms with Gasteiger partial charge in [0.1, 0.15) is 34.1 Å². The number of aromatic hydroxyl groups is 2. The number of fused-ring (bicyclic) bond motifs is 1. The largest absolute Gasteiger partial charge is 0.508 e. The van der Waals surface area contributed by atoms with Crippen molar-refractivity contribution in [2.24, 2.45) is 0 Å². The van der Waals surface area contributed by atoms with Crippen LogP contribution in [0.25, 0.3) is 22.1 Å². The minimum atomic E-state index is -0.732. The Labute approximate surface area is 131 Å². The van der Waals surface area contributed by atoms with Gasteiger partial charge in [0.15, 0.2) is 0 Å². The lowest BCUT2D eigenvalue weighted by Gasteiger charge is -2.12. The molecule has 0 atom stereocenters. The molecule has 0 aliphatic heterocycles. The van der Waals surface area contributed by atoms with E-state index in [1.54, 1.807) is 18.2 Å². The van der Waals surface area contributed by atoms with Gasteiger partial charge >= 0.3 is 5.63 Å². The summed E-state index contributed by atoms with van der Waals surface area (Å²) < 4.78 is 15.6. The van der Waals surface area contributed by atoms with Gasteiger partial charge in [-0.15, -0.1) is 0 Å². The minimum Gasteiger partial charge on any atom is -0.508 e. The van der Waals surface area contributed by atoms with Crippen LogP contribution in [0.15, 0.2) is 45.6 Å². The van der Waals surface area contributed by atoms with Crippen LogP contribution in [0.4, 0.5) is 0 Å². The summed E-state index contributed by atoms with van der Waals surface area (Å²) in [4.78, 5) is 12.3. The Bertz CT molecular complexity index is 942. The first-order valence-corrected chi connectivity index (χ1v) is 6.76. The topological polar surface area (TPSA) is 89.1 Å². The predicted molar refractivity (Wildman–Crippen MR) is 84.4 cm³/mol. The molecule has 1 aromatic heterocycles. The van der Waals surface area contributed by atoms with E-state index in [-0.39, 0.29) is 22.6 Å². The van der Waals surface area contributed by atoms with Crippen molar-refractivity contribution in [2.75, 3.05) is 14.2 Å². The maximum absolute atomic E-state index is 12.3. The first kappa shape index (κ1) is 14.8. The summed E-state index contributed by atoms with van der Waals surface area (Å²) in [5.41, 5.74) is -0.259. The normalized spacial score (nSPS) is 10.7. The number of hydrogen-bond acceptors (Lipinski definition) is 6. The van der Waals surface area contributed by atoms with Crippen LogP contribution in [0.5, 0.6) is 23.0 Å². The molecule has 0 bridgehead atoms. The third kappa shape index (κ3) is 2.44. The number of methoxy groups -OCH3 is 2. The average molecular weight is 314 g/mol. The average Bonchev–Trinajstić information content (AvgIpc) is 2.54. The molecular weight excluding hydrogens is 300 g/mol. The second kappa shape index (κ2) is 5.57. The van der Waals surface area contributed by atoms with Crippen molar-refractivity contribution in [3.63, 3.8) is 0 Å². The zero-order valence-corrected chi connectivity index (χ0v) is 12.5. The van der Waals surface area contributed by atoms with Gasteiger partial charge in [0.05, 0.1) is 19.6 Å². The Kier molecular flexibility index (Phi) is 3.57. The van der Waals surface area contributed by atoms with E-state index in [1.165, 1.54) is 32.4 Å². The van der Waals surface area contributed by atoms with Gasteiger partial charge in [0, 0.05) is 17.7 Å². The molecular formula is C17H14O6. The monoisotopic (exact) mass is 314 g/mol. The van der Waals surface area contributed by atoms with E-state index < -0.39 is 5.63 Å². The van der Waals surface area contributed by atoms with E-state index in [0.717, 1.165) is 0 Å². The van der Waals surface area contributed by atoms with Crippen molar-refractivity contribution in [3.05, 3.63) is 46.8 Å². The summed E-state index contributed by atoms with van der Waals surface area (Å²) in [7, 11) is 2.97. The Morgan fingerprint density at radius 3 is 2.48 bits per heavy atom. The molecule has 3 rings (SSSR count). The lowest BCUT2D eigenvalue weighted by Crippen LogP contribution is -2.05. The SMILES string of the molecule is COc1ccc(-c2c(O)c3ccc(O)cc3oc2=O)c(OC)c1. The van der Waals surface area contributed by atoms with Crippen LogP contribution in [0, 0.1) is 0 Å². The molecule has 3 aromatic rings. The Morgan fingerprint density at radius 1 is 1.00 bits per heavy atom. The van der Waals surface area contributed by atoms with Crippen LogP contribution >= 0.6 is 0 Å². The molecule has 6 heteroatoms. The molecule has 0 unspecified atom stereocenters. The maximum atomic E-state index is 12.3. The Morgan fingerprint density at radius 2 is 1.78 bits per heavy atom. The summed E-state index contributed by atoms with van der Waals surface area (Å²) in [5, 5.41) is 20.3. The summed E-state index contributed by atoms with van der Waals surface area (Å²) >= 11 is 0. The molecule has 23 heavy (non-hydrogen) atoms. The van der Waals surface area contributed by atoms with Crippen LogP contribution in [0.2, 0.25) is 0 Å². The number of rotatable bonds is 3. The first-order chi connectivity index (χ1) is 11.0. The molecule has 118 valence electrons. The minimum absolute atomic E-state index is 0.0114. The molecule has 0 saturated carbocycles. The predicted octanol–water partition coefficient (Wildman–Crippen LogP) is 2.89. The van der Waals surface area contributed by atoms with E-state index in [0.29, 0.717) is 22.4 Å². The number of ether oxygens (including phenoxy) is 2. The number of phenolic OH excluding ortho intramolecular Hbond substituents is 1. The highest BCUT2D eigenvalue weighted by atomic mass is 16.5. The van der Waals surface area contributed by atoms with Crippen LogP contribution in [-0.4, -0.2) is 24.4 Å².